The molecule has 0 radical (unpaired) electrons. The first-order chi connectivity index (χ1) is 16.2. The lowest BCUT2D eigenvalue weighted by atomic mass is 10.1. The van der Waals surface area contributed by atoms with Gasteiger partial charge in [0, 0.05) is 28.4 Å². The summed E-state index contributed by atoms with van der Waals surface area (Å²) in [5.74, 6) is -0.903. The van der Waals surface area contributed by atoms with Gasteiger partial charge in [0.25, 0.3) is 0 Å². The van der Waals surface area contributed by atoms with Gasteiger partial charge in [0.1, 0.15) is 11.6 Å². The molecule has 1 unspecified atom stereocenters. The summed E-state index contributed by atoms with van der Waals surface area (Å²) in [5.41, 5.74) is 2.57. The molecule has 1 N–H and O–H groups in total. The molecule has 0 spiro atoms. The lowest BCUT2D eigenvalue weighted by molar-refractivity contribution is 0.134. The van der Waals surface area contributed by atoms with Crippen molar-refractivity contribution >= 4 is 37.5 Å². The number of fused-ring (bicyclic) bond motifs is 3. The molecule has 0 bridgehead atoms. The van der Waals surface area contributed by atoms with E-state index in [0.717, 1.165) is 16.1 Å². The molecule has 1 aromatic heterocycles. The summed E-state index contributed by atoms with van der Waals surface area (Å²) in [6.45, 7) is 2.74. The highest BCUT2D eigenvalue weighted by Crippen LogP contribution is 2.31. The van der Waals surface area contributed by atoms with Crippen LogP contribution in [0.4, 0.5) is 14.5 Å². The van der Waals surface area contributed by atoms with Crippen LogP contribution in [0.3, 0.4) is 0 Å². The molecule has 0 saturated carbocycles. The first-order valence-corrected chi connectivity index (χ1v) is 12.7. The molecule has 0 fully saturated rings. The molecular weight excluding hydrogens is 462 g/mol. The van der Waals surface area contributed by atoms with Crippen LogP contribution in [-0.2, 0) is 27.9 Å². The van der Waals surface area contributed by atoms with Gasteiger partial charge in [-0.1, -0.05) is 12.1 Å². The van der Waals surface area contributed by atoms with Crippen LogP contribution in [0.2, 0.25) is 0 Å². The van der Waals surface area contributed by atoms with Crippen molar-refractivity contribution in [1.82, 2.24) is 4.57 Å². The molecule has 3 aromatic carbocycles. The Morgan fingerprint density at radius 1 is 0.971 bits per heavy atom. The van der Waals surface area contributed by atoms with Crippen molar-refractivity contribution < 1.29 is 27.0 Å². The second-order valence-electron chi connectivity index (χ2n) is 8.19. The monoisotopic (exact) mass is 488 g/mol. The lowest BCUT2D eigenvalue weighted by Gasteiger charge is -2.26. The molecule has 1 heterocycles. The summed E-state index contributed by atoms with van der Waals surface area (Å²) < 4.78 is 61.1. The fourth-order valence-electron chi connectivity index (χ4n) is 4.12. The van der Waals surface area contributed by atoms with E-state index < -0.39 is 27.8 Å². The second-order valence-corrected chi connectivity index (χ2v) is 10.1. The van der Waals surface area contributed by atoms with Crippen molar-refractivity contribution in [3.8, 4) is 0 Å². The molecule has 6 nitrogen and oxygen atoms in total. The molecule has 0 aliphatic rings. The number of hydrogen-bond donors (Lipinski definition) is 1. The van der Waals surface area contributed by atoms with E-state index in [1.807, 2.05) is 6.92 Å². The minimum absolute atomic E-state index is 0.0334. The average molecular weight is 489 g/mol. The van der Waals surface area contributed by atoms with Crippen LogP contribution in [0.25, 0.3) is 21.8 Å². The van der Waals surface area contributed by atoms with Crippen LogP contribution in [0, 0.1) is 11.6 Å². The van der Waals surface area contributed by atoms with Gasteiger partial charge in [-0.25, -0.2) is 17.2 Å². The number of benzene rings is 3. The van der Waals surface area contributed by atoms with E-state index in [1.165, 1.54) is 24.3 Å². The van der Waals surface area contributed by atoms with Gasteiger partial charge in [0.15, 0.2) is 0 Å². The third-order valence-corrected chi connectivity index (χ3v) is 6.82. The van der Waals surface area contributed by atoms with Crippen molar-refractivity contribution in [2.45, 2.75) is 26.2 Å². The van der Waals surface area contributed by atoms with Crippen LogP contribution in [0.5, 0.6) is 0 Å². The van der Waals surface area contributed by atoms with Gasteiger partial charge in [-0.3, -0.25) is 4.31 Å². The van der Waals surface area contributed by atoms with Gasteiger partial charge < -0.3 is 14.4 Å². The molecule has 180 valence electrons. The predicted molar refractivity (Wildman–Crippen MR) is 129 cm³/mol. The predicted octanol–water partition coefficient (Wildman–Crippen LogP) is 4.44. The van der Waals surface area contributed by atoms with E-state index >= 15 is 0 Å². The summed E-state index contributed by atoms with van der Waals surface area (Å²) >= 11 is 0. The Bertz CT molecular complexity index is 1360. The third kappa shape index (κ3) is 5.06. The molecule has 1 atom stereocenters. The number of nitrogens with zero attached hydrogens (tertiary/aromatic N) is 2. The standard InChI is InChI=1S/C25H26F2N2O4S/c1-3-33-16-17-4-8-20(9-5-17)29(34(2,31)32)15-21(30)14-28-24-10-6-18(26)12-22(24)23-13-19(27)7-11-25(23)28/h4-13,21,30H,3,14-16H2,1-2H3. The van der Waals surface area contributed by atoms with Crippen LogP contribution < -0.4 is 4.31 Å². The van der Waals surface area contributed by atoms with Crippen LogP contribution >= 0.6 is 0 Å². The van der Waals surface area contributed by atoms with Gasteiger partial charge in [0.05, 0.1) is 37.7 Å². The van der Waals surface area contributed by atoms with Gasteiger partial charge in [-0.2, -0.15) is 0 Å². The highest BCUT2D eigenvalue weighted by molar-refractivity contribution is 7.92. The molecule has 34 heavy (non-hydrogen) atoms. The molecule has 0 aliphatic heterocycles. The topological polar surface area (TPSA) is 71.8 Å². The van der Waals surface area contributed by atoms with E-state index in [9.17, 15) is 22.3 Å². The van der Waals surface area contributed by atoms with E-state index in [1.54, 1.807) is 41.0 Å². The van der Waals surface area contributed by atoms with Gasteiger partial charge in [-0.15, -0.1) is 0 Å². The van der Waals surface area contributed by atoms with Crippen LogP contribution in [0.15, 0.2) is 60.7 Å². The number of halogens is 2. The summed E-state index contributed by atoms with van der Waals surface area (Å²) in [4.78, 5) is 0. The van der Waals surface area contributed by atoms with Gasteiger partial charge in [0.2, 0.25) is 10.0 Å². The third-order valence-electron chi connectivity index (χ3n) is 5.66. The molecule has 0 aliphatic carbocycles. The molecule has 4 aromatic rings. The number of aliphatic hydroxyl groups is 1. The quantitative estimate of drug-likeness (QED) is 0.378. The zero-order valence-corrected chi connectivity index (χ0v) is 19.7. The molecule has 0 amide bonds. The summed E-state index contributed by atoms with van der Waals surface area (Å²) in [6.07, 6.45) is -0.00782. The molecule has 9 heteroatoms. The first kappa shape index (κ1) is 24.1. The highest BCUT2D eigenvalue weighted by Gasteiger charge is 2.23. The van der Waals surface area contributed by atoms with Crippen molar-refractivity contribution in [3.63, 3.8) is 0 Å². The van der Waals surface area contributed by atoms with E-state index in [-0.39, 0.29) is 13.1 Å². The van der Waals surface area contributed by atoms with Crippen molar-refractivity contribution in [2.75, 3.05) is 23.7 Å². The SMILES string of the molecule is CCOCc1ccc(N(CC(O)Cn2c3ccc(F)cc3c3cc(F)ccc32)S(C)(=O)=O)cc1. The minimum Gasteiger partial charge on any atom is -0.389 e. The Hall–Kier alpha value is -3.01. The van der Waals surface area contributed by atoms with Crippen molar-refractivity contribution in [2.24, 2.45) is 0 Å². The van der Waals surface area contributed by atoms with Crippen LogP contribution in [0.1, 0.15) is 12.5 Å². The van der Waals surface area contributed by atoms with E-state index in [2.05, 4.69) is 0 Å². The zero-order valence-electron chi connectivity index (χ0n) is 18.9. The maximum absolute atomic E-state index is 13.9. The Morgan fingerprint density at radius 3 is 2.03 bits per heavy atom. The fraction of sp³-hybridized carbons (Fsp3) is 0.280. The Morgan fingerprint density at radius 2 is 1.53 bits per heavy atom. The fourth-order valence-corrected chi connectivity index (χ4v) is 5.06. The second kappa shape index (κ2) is 9.69. The summed E-state index contributed by atoms with van der Waals surface area (Å²) in [6, 6.07) is 15.3. The first-order valence-electron chi connectivity index (χ1n) is 10.9. The number of aromatic nitrogens is 1. The van der Waals surface area contributed by atoms with E-state index in [0.29, 0.717) is 40.7 Å². The molecule has 4 rings (SSSR count). The molecule has 0 saturated heterocycles. The van der Waals surface area contributed by atoms with Gasteiger partial charge in [-0.05, 0) is 61.0 Å². The van der Waals surface area contributed by atoms with Gasteiger partial charge >= 0.3 is 0 Å². The maximum atomic E-state index is 13.9. The van der Waals surface area contributed by atoms with Crippen LogP contribution in [-0.4, -0.2) is 43.6 Å². The highest BCUT2D eigenvalue weighted by atomic mass is 32.2. The Kier molecular flexibility index (Phi) is 6.88. The van der Waals surface area contributed by atoms with Crippen molar-refractivity contribution in [3.05, 3.63) is 77.9 Å². The number of anilines is 1. The van der Waals surface area contributed by atoms with Crippen molar-refractivity contribution in [1.29, 1.82) is 0 Å². The largest absolute Gasteiger partial charge is 0.389 e. The number of aliphatic hydroxyl groups excluding tert-OH is 1. The minimum atomic E-state index is -3.68. The number of ether oxygens (including phenoxy) is 1. The summed E-state index contributed by atoms with van der Waals surface area (Å²) in [5, 5.41) is 12.0. The Labute approximate surface area is 197 Å². The average Bonchev–Trinajstić information content (AvgIpc) is 3.07. The number of hydrogen-bond acceptors (Lipinski definition) is 4. The van der Waals surface area contributed by atoms with E-state index in [4.69, 9.17) is 4.74 Å². The smallest absolute Gasteiger partial charge is 0.232 e. The lowest BCUT2D eigenvalue weighted by Crippen LogP contribution is -2.38. The number of sulfonamides is 1. The normalized spacial score (nSPS) is 13.0. The summed E-state index contributed by atoms with van der Waals surface area (Å²) in [7, 11) is -3.68. The zero-order chi connectivity index (χ0) is 24.5. The maximum Gasteiger partial charge on any atom is 0.232 e. The molecular formula is C25H26F2N2O4S. The number of rotatable bonds is 9. The Balaban J connectivity index is 1.64.